The molecule has 0 N–H and O–H groups in total. The van der Waals surface area contributed by atoms with Gasteiger partial charge < -0.3 is 9.47 Å². The second-order valence-electron chi connectivity index (χ2n) is 2.30. The van der Waals surface area contributed by atoms with E-state index in [-0.39, 0.29) is 6.23 Å². The van der Waals surface area contributed by atoms with E-state index in [1.165, 1.54) is 0 Å². The van der Waals surface area contributed by atoms with Crippen molar-refractivity contribution < 1.29 is 14.3 Å². The Morgan fingerprint density at radius 3 is 3.09 bits per heavy atom. The maximum Gasteiger partial charge on any atom is 0.509 e. The zero-order valence-electron chi connectivity index (χ0n) is 6.58. The van der Waals surface area contributed by atoms with Crippen molar-refractivity contribution >= 4 is 6.16 Å². The lowest BCUT2D eigenvalue weighted by atomic mass is 10.4. The summed E-state index contributed by atoms with van der Waals surface area (Å²) in [6.45, 7) is 2.89. The highest BCUT2D eigenvalue weighted by Crippen LogP contribution is 2.08. The van der Waals surface area contributed by atoms with E-state index in [1.807, 2.05) is 0 Å². The Morgan fingerprint density at radius 1 is 1.73 bits per heavy atom. The maximum atomic E-state index is 10.7. The molecular formula is C7H12NO3. The highest BCUT2D eigenvalue weighted by molar-refractivity contribution is 5.60. The molecule has 0 aromatic heterocycles. The number of ether oxygens (including phenoxy) is 2. The van der Waals surface area contributed by atoms with E-state index in [2.05, 4.69) is 10.1 Å². The fourth-order valence-corrected chi connectivity index (χ4v) is 0.952. The molecule has 1 aliphatic rings. The summed E-state index contributed by atoms with van der Waals surface area (Å²) in [5.41, 5.74) is 0. The Labute approximate surface area is 65.9 Å². The van der Waals surface area contributed by atoms with Gasteiger partial charge in [0.1, 0.15) is 0 Å². The van der Waals surface area contributed by atoms with Crippen molar-refractivity contribution in [1.82, 2.24) is 5.32 Å². The molecule has 1 rings (SSSR count). The van der Waals surface area contributed by atoms with Crippen LogP contribution in [0.15, 0.2) is 0 Å². The highest BCUT2D eigenvalue weighted by Gasteiger charge is 2.19. The third-order valence-electron chi connectivity index (χ3n) is 1.44. The largest absolute Gasteiger partial charge is 0.509 e. The molecule has 0 bridgehead atoms. The van der Waals surface area contributed by atoms with Crippen LogP contribution in [0.2, 0.25) is 0 Å². The molecule has 1 fully saturated rings. The Bertz CT molecular complexity index is 132. The van der Waals surface area contributed by atoms with Crippen LogP contribution >= 0.6 is 0 Å². The molecule has 1 heterocycles. The van der Waals surface area contributed by atoms with Crippen LogP contribution in [0.3, 0.4) is 0 Å². The van der Waals surface area contributed by atoms with E-state index < -0.39 is 6.16 Å². The standard InChI is InChI=1S/C7H12NO3/c1-2-10-7(9)11-6-4-3-5-8-6/h6H,2-5H2,1H3. The third kappa shape index (κ3) is 2.76. The van der Waals surface area contributed by atoms with Gasteiger partial charge in [0.2, 0.25) is 0 Å². The summed E-state index contributed by atoms with van der Waals surface area (Å²) in [6.07, 6.45) is 0.972. The van der Waals surface area contributed by atoms with Crippen LogP contribution in [-0.4, -0.2) is 25.5 Å². The molecule has 0 aromatic rings. The molecule has 0 amide bonds. The van der Waals surface area contributed by atoms with Crippen LogP contribution in [0.25, 0.3) is 0 Å². The highest BCUT2D eigenvalue weighted by atomic mass is 16.7. The number of rotatable bonds is 2. The molecule has 4 heteroatoms. The van der Waals surface area contributed by atoms with Gasteiger partial charge in [-0.15, -0.1) is 0 Å². The van der Waals surface area contributed by atoms with Gasteiger partial charge in [-0.05, 0) is 13.3 Å². The molecule has 1 unspecified atom stereocenters. The SMILES string of the molecule is CCOC(=O)OC1CCC[N]1. The predicted octanol–water partition coefficient (Wildman–Crippen LogP) is 0.884. The average Bonchev–Trinajstić information content (AvgIpc) is 2.40. The molecule has 1 radical (unpaired) electrons. The maximum absolute atomic E-state index is 10.7. The van der Waals surface area contributed by atoms with Gasteiger partial charge in [-0.3, -0.25) is 0 Å². The molecule has 4 nitrogen and oxygen atoms in total. The predicted molar refractivity (Wildman–Crippen MR) is 38.1 cm³/mol. The van der Waals surface area contributed by atoms with Gasteiger partial charge >= 0.3 is 6.16 Å². The van der Waals surface area contributed by atoms with Crippen molar-refractivity contribution in [2.45, 2.75) is 26.0 Å². The second-order valence-corrected chi connectivity index (χ2v) is 2.30. The summed E-state index contributed by atoms with van der Waals surface area (Å²) in [5, 5.41) is 4.03. The average molecular weight is 158 g/mol. The van der Waals surface area contributed by atoms with E-state index in [0.29, 0.717) is 6.61 Å². The van der Waals surface area contributed by atoms with Crippen LogP contribution in [0.1, 0.15) is 19.8 Å². The minimum absolute atomic E-state index is 0.256. The van der Waals surface area contributed by atoms with Crippen LogP contribution in [0.4, 0.5) is 4.79 Å². The quantitative estimate of drug-likeness (QED) is 0.560. The lowest BCUT2D eigenvalue weighted by Gasteiger charge is -2.09. The number of nitrogens with zero attached hydrogens (tertiary/aromatic N) is 1. The molecular weight excluding hydrogens is 146 g/mol. The summed E-state index contributed by atoms with van der Waals surface area (Å²) in [4.78, 5) is 10.7. The van der Waals surface area contributed by atoms with Crippen LogP contribution in [-0.2, 0) is 9.47 Å². The Hall–Kier alpha value is -0.770. The summed E-state index contributed by atoms with van der Waals surface area (Å²) >= 11 is 0. The van der Waals surface area contributed by atoms with E-state index in [4.69, 9.17) is 4.74 Å². The van der Waals surface area contributed by atoms with E-state index in [9.17, 15) is 4.79 Å². The Kier molecular flexibility index (Phi) is 3.16. The summed E-state index contributed by atoms with van der Waals surface area (Å²) in [5.74, 6) is 0. The first-order chi connectivity index (χ1) is 5.33. The Balaban J connectivity index is 2.13. The van der Waals surface area contributed by atoms with Gasteiger partial charge in [0.25, 0.3) is 0 Å². The zero-order chi connectivity index (χ0) is 8.10. The molecule has 11 heavy (non-hydrogen) atoms. The van der Waals surface area contributed by atoms with Crippen molar-refractivity contribution in [1.29, 1.82) is 0 Å². The number of hydrogen-bond acceptors (Lipinski definition) is 3. The molecule has 0 aromatic carbocycles. The molecule has 1 saturated heterocycles. The number of carbonyl (C=O) groups excluding carboxylic acids is 1. The third-order valence-corrected chi connectivity index (χ3v) is 1.44. The first-order valence-electron chi connectivity index (χ1n) is 3.83. The first kappa shape index (κ1) is 8.33. The molecule has 1 atom stereocenters. The first-order valence-corrected chi connectivity index (χ1v) is 3.83. The summed E-state index contributed by atoms with van der Waals surface area (Å²) in [6, 6.07) is 0. The monoisotopic (exact) mass is 158 g/mol. The van der Waals surface area contributed by atoms with Crippen molar-refractivity contribution in [2.75, 3.05) is 13.2 Å². The number of carbonyl (C=O) groups is 1. The van der Waals surface area contributed by atoms with E-state index in [0.717, 1.165) is 19.4 Å². The zero-order valence-corrected chi connectivity index (χ0v) is 6.58. The van der Waals surface area contributed by atoms with Crippen LogP contribution < -0.4 is 5.32 Å². The molecule has 63 valence electrons. The van der Waals surface area contributed by atoms with Crippen molar-refractivity contribution in [3.63, 3.8) is 0 Å². The lowest BCUT2D eigenvalue weighted by Crippen LogP contribution is -2.22. The summed E-state index contributed by atoms with van der Waals surface area (Å²) in [7, 11) is 0. The van der Waals surface area contributed by atoms with Crippen molar-refractivity contribution in [3.8, 4) is 0 Å². The van der Waals surface area contributed by atoms with E-state index >= 15 is 0 Å². The fourth-order valence-electron chi connectivity index (χ4n) is 0.952. The summed E-state index contributed by atoms with van der Waals surface area (Å²) < 4.78 is 9.41. The van der Waals surface area contributed by atoms with E-state index in [1.54, 1.807) is 6.92 Å². The van der Waals surface area contributed by atoms with Gasteiger partial charge in [-0.25, -0.2) is 10.1 Å². The normalized spacial score (nSPS) is 23.2. The van der Waals surface area contributed by atoms with Crippen molar-refractivity contribution in [3.05, 3.63) is 0 Å². The Morgan fingerprint density at radius 2 is 2.55 bits per heavy atom. The molecule has 1 aliphatic heterocycles. The topological polar surface area (TPSA) is 49.6 Å². The molecule has 0 aliphatic carbocycles. The lowest BCUT2D eigenvalue weighted by molar-refractivity contribution is 0.0203. The smallest absolute Gasteiger partial charge is 0.435 e. The van der Waals surface area contributed by atoms with Gasteiger partial charge in [0.05, 0.1) is 6.61 Å². The molecule has 0 spiro atoms. The molecule has 0 saturated carbocycles. The van der Waals surface area contributed by atoms with Crippen molar-refractivity contribution in [2.24, 2.45) is 0 Å². The van der Waals surface area contributed by atoms with Gasteiger partial charge in [-0.2, -0.15) is 0 Å². The second kappa shape index (κ2) is 4.18. The minimum Gasteiger partial charge on any atom is -0.435 e. The van der Waals surface area contributed by atoms with Gasteiger partial charge in [0, 0.05) is 13.0 Å². The van der Waals surface area contributed by atoms with Gasteiger partial charge in [-0.1, -0.05) is 0 Å². The number of hydrogen-bond donors (Lipinski definition) is 0. The fraction of sp³-hybridized carbons (Fsp3) is 0.857. The van der Waals surface area contributed by atoms with Crippen LogP contribution in [0.5, 0.6) is 0 Å². The minimum atomic E-state index is -0.608. The van der Waals surface area contributed by atoms with Gasteiger partial charge in [0.15, 0.2) is 6.23 Å². The van der Waals surface area contributed by atoms with Crippen LogP contribution in [0, 0.1) is 0 Å².